The lowest BCUT2D eigenvalue weighted by Gasteiger charge is -2.51. The van der Waals surface area contributed by atoms with Crippen molar-refractivity contribution < 1.29 is 19.3 Å². The molecule has 2 aliphatic heterocycles. The van der Waals surface area contributed by atoms with Gasteiger partial charge in [-0.1, -0.05) is 53.2 Å². The van der Waals surface area contributed by atoms with E-state index in [2.05, 4.69) is 58.9 Å². The Balaban J connectivity index is 1.43. The second kappa shape index (κ2) is 6.46. The lowest BCUT2D eigenvalue weighted by Crippen LogP contribution is -2.55. The van der Waals surface area contributed by atoms with Crippen LogP contribution in [0, 0.1) is 29.1 Å². The highest BCUT2D eigenvalue weighted by Gasteiger charge is 2.83. The highest BCUT2D eigenvalue weighted by molar-refractivity contribution is 5.31. The first-order chi connectivity index (χ1) is 14.0. The molecule has 0 amide bonds. The molecule has 2 heterocycles. The van der Waals surface area contributed by atoms with Crippen LogP contribution in [-0.4, -0.2) is 23.0 Å². The summed E-state index contributed by atoms with van der Waals surface area (Å²) < 4.78 is 19.4. The van der Waals surface area contributed by atoms with Gasteiger partial charge in [-0.25, -0.2) is 0 Å². The quantitative estimate of drug-likeness (QED) is 0.682. The monoisotopic (exact) mass is 414 g/mol. The molecule has 1 spiro atoms. The third-order valence-electron chi connectivity index (χ3n) is 8.70. The van der Waals surface area contributed by atoms with E-state index in [-0.39, 0.29) is 17.1 Å². The van der Waals surface area contributed by atoms with Gasteiger partial charge >= 0.3 is 0 Å². The van der Waals surface area contributed by atoms with Gasteiger partial charge in [0.2, 0.25) is 6.29 Å². The summed E-state index contributed by atoms with van der Waals surface area (Å²) in [6, 6.07) is 8.40. The van der Waals surface area contributed by atoms with Crippen molar-refractivity contribution >= 4 is 0 Å². The average Bonchev–Trinajstić information content (AvgIpc) is 3.28. The highest BCUT2D eigenvalue weighted by Crippen LogP contribution is 2.78. The molecule has 4 aliphatic rings. The fraction of sp³-hybridized carbons (Fsp3) is 0.769. The molecule has 4 nitrogen and oxygen atoms in total. The summed E-state index contributed by atoms with van der Waals surface area (Å²) in [7, 11) is 0. The molecule has 4 heteroatoms. The molecule has 8 atom stereocenters. The molecule has 2 saturated heterocycles. The second-order valence-corrected chi connectivity index (χ2v) is 11.8. The van der Waals surface area contributed by atoms with Crippen LogP contribution in [0.3, 0.4) is 0 Å². The molecular formula is C26H38O4. The van der Waals surface area contributed by atoms with E-state index in [1.807, 2.05) is 0 Å². The Hall–Kier alpha value is -1.10. The molecule has 30 heavy (non-hydrogen) atoms. The van der Waals surface area contributed by atoms with Crippen molar-refractivity contribution in [2.45, 2.75) is 96.9 Å². The molecule has 2 aliphatic carbocycles. The number of hydrogen-bond acceptors (Lipinski definition) is 4. The van der Waals surface area contributed by atoms with E-state index in [4.69, 9.17) is 14.2 Å². The number of hydrogen-bond donors (Lipinski definition) is 1. The fourth-order valence-electron chi connectivity index (χ4n) is 7.05. The molecule has 166 valence electrons. The smallest absolute Gasteiger partial charge is 0.205 e. The van der Waals surface area contributed by atoms with E-state index in [0.29, 0.717) is 30.1 Å². The van der Waals surface area contributed by atoms with Crippen molar-refractivity contribution in [2.24, 2.45) is 29.1 Å². The molecule has 0 bridgehead atoms. The maximum atomic E-state index is 10.9. The summed E-state index contributed by atoms with van der Waals surface area (Å²) >= 11 is 0. The molecule has 2 saturated carbocycles. The molecule has 0 aromatic heterocycles. The highest BCUT2D eigenvalue weighted by atomic mass is 16.8. The van der Waals surface area contributed by atoms with Crippen LogP contribution in [0.25, 0.3) is 0 Å². The first-order valence-corrected chi connectivity index (χ1v) is 11.9. The maximum Gasteiger partial charge on any atom is 0.205 e. The molecular weight excluding hydrogens is 376 g/mol. The molecule has 4 fully saturated rings. The Labute approximate surface area is 181 Å². The van der Waals surface area contributed by atoms with Gasteiger partial charge in [-0.15, -0.1) is 0 Å². The van der Waals surface area contributed by atoms with Gasteiger partial charge in [0, 0.05) is 24.2 Å². The van der Waals surface area contributed by atoms with Gasteiger partial charge in [0.05, 0.1) is 0 Å². The van der Waals surface area contributed by atoms with Gasteiger partial charge in [-0.2, -0.15) is 0 Å². The summed E-state index contributed by atoms with van der Waals surface area (Å²) in [4.78, 5) is 0. The maximum absolute atomic E-state index is 10.9. The summed E-state index contributed by atoms with van der Waals surface area (Å²) in [6.45, 7) is 13.1. The Kier molecular flexibility index (Phi) is 4.48. The lowest BCUT2D eigenvalue weighted by atomic mass is 9.58. The normalized spacial score (nSPS) is 47.6. The summed E-state index contributed by atoms with van der Waals surface area (Å²) in [5.41, 5.74) is 1.45. The zero-order chi connectivity index (χ0) is 21.5. The van der Waals surface area contributed by atoms with Crippen molar-refractivity contribution in [2.75, 3.05) is 0 Å². The van der Waals surface area contributed by atoms with Crippen molar-refractivity contribution in [3.05, 3.63) is 29.8 Å². The van der Waals surface area contributed by atoms with Crippen molar-refractivity contribution in [1.29, 1.82) is 0 Å². The van der Waals surface area contributed by atoms with Crippen molar-refractivity contribution in [1.82, 2.24) is 0 Å². The first kappa shape index (κ1) is 20.8. The second-order valence-electron chi connectivity index (χ2n) is 11.8. The van der Waals surface area contributed by atoms with Crippen LogP contribution >= 0.6 is 0 Å². The van der Waals surface area contributed by atoms with E-state index in [1.54, 1.807) is 6.92 Å². The molecule has 0 radical (unpaired) electrons. The average molecular weight is 415 g/mol. The molecule has 1 aromatic rings. The molecule has 3 unspecified atom stereocenters. The van der Waals surface area contributed by atoms with Crippen LogP contribution in [0.15, 0.2) is 24.3 Å². The number of benzene rings is 1. The van der Waals surface area contributed by atoms with Gasteiger partial charge in [-0.3, -0.25) is 0 Å². The fourth-order valence-corrected chi connectivity index (χ4v) is 7.05. The predicted octanol–water partition coefficient (Wildman–Crippen LogP) is 5.62. The lowest BCUT2D eigenvalue weighted by molar-refractivity contribution is -0.366. The Morgan fingerprint density at radius 2 is 1.73 bits per heavy atom. The minimum atomic E-state index is -1.13. The van der Waals surface area contributed by atoms with E-state index in [1.165, 1.54) is 18.4 Å². The largest absolute Gasteiger partial charge is 0.465 e. The number of rotatable bonds is 2. The van der Waals surface area contributed by atoms with E-state index in [0.717, 1.165) is 18.6 Å². The van der Waals surface area contributed by atoms with Gasteiger partial charge in [0.15, 0.2) is 11.6 Å². The van der Waals surface area contributed by atoms with Crippen LogP contribution in [0.1, 0.15) is 79.2 Å². The number of aliphatic hydroxyl groups is 1. The van der Waals surface area contributed by atoms with Crippen molar-refractivity contribution in [3.8, 4) is 5.75 Å². The minimum absolute atomic E-state index is 0.0422. The summed E-state index contributed by atoms with van der Waals surface area (Å²) in [6.07, 6.45) is 4.67. The minimum Gasteiger partial charge on any atom is -0.465 e. The van der Waals surface area contributed by atoms with Gasteiger partial charge < -0.3 is 19.3 Å². The van der Waals surface area contributed by atoms with Crippen LogP contribution in [0.2, 0.25) is 0 Å². The third kappa shape index (κ3) is 2.97. The Bertz CT molecular complexity index is 809. The number of ether oxygens (including phenoxy) is 3. The molecule has 1 N–H and O–H groups in total. The first-order valence-electron chi connectivity index (χ1n) is 11.9. The Morgan fingerprint density at radius 3 is 2.40 bits per heavy atom. The van der Waals surface area contributed by atoms with Gasteiger partial charge in [0.1, 0.15) is 5.75 Å². The SMILES string of the molecule is C[C@H]1C(Oc2ccc(C(C)(C)C)cc2)O[C@]23C[C@]24C1CC[C@@H](C)C4CC[C@@](C)(O)O3. The predicted molar refractivity (Wildman–Crippen MR) is 116 cm³/mol. The zero-order valence-corrected chi connectivity index (χ0v) is 19.4. The third-order valence-corrected chi connectivity index (χ3v) is 8.70. The van der Waals surface area contributed by atoms with Crippen molar-refractivity contribution in [3.63, 3.8) is 0 Å². The topological polar surface area (TPSA) is 47.9 Å². The molecule has 5 rings (SSSR count). The van der Waals surface area contributed by atoms with Gasteiger partial charge in [0.25, 0.3) is 0 Å². The standard InChI is InChI=1S/C26H38O4/c1-16-7-12-21-17(2)22(28-19-10-8-18(9-11-19)23(3,4)5)29-26-15-25(21,26)20(16)13-14-24(6,27)30-26/h8-11,16-17,20-22,27H,7,12-15H2,1-6H3/t16-,17-,20?,21?,22?,24+,25+,26+/m1/s1. The van der Waals surface area contributed by atoms with Crippen LogP contribution < -0.4 is 4.74 Å². The van der Waals surface area contributed by atoms with E-state index in [9.17, 15) is 5.11 Å². The van der Waals surface area contributed by atoms with Crippen LogP contribution in [0.5, 0.6) is 5.75 Å². The van der Waals surface area contributed by atoms with E-state index < -0.39 is 11.6 Å². The molecule has 1 aromatic carbocycles. The summed E-state index contributed by atoms with van der Waals surface area (Å²) in [5, 5.41) is 10.9. The van der Waals surface area contributed by atoms with E-state index >= 15 is 0 Å². The van der Waals surface area contributed by atoms with Gasteiger partial charge in [-0.05, 0) is 60.6 Å². The van der Waals surface area contributed by atoms with Crippen LogP contribution in [0.4, 0.5) is 0 Å². The van der Waals surface area contributed by atoms with Crippen LogP contribution in [-0.2, 0) is 14.9 Å². The summed E-state index contributed by atoms with van der Waals surface area (Å²) in [5.74, 6) is 1.03. The Morgan fingerprint density at radius 1 is 1.03 bits per heavy atom. The zero-order valence-electron chi connectivity index (χ0n) is 19.4.